The molecule has 1 atom stereocenters. The minimum atomic E-state index is -0.879. The number of benzene rings is 2. The number of aryl methyl sites for hydroxylation is 1. The number of hydrogen-bond donors (Lipinski definition) is 2. The monoisotopic (exact) mass is 481 g/mol. The van der Waals surface area contributed by atoms with Crippen molar-refractivity contribution < 1.29 is 19.4 Å². The van der Waals surface area contributed by atoms with Crippen molar-refractivity contribution in [1.82, 2.24) is 14.9 Å². The average molecular weight is 482 g/mol. The Labute approximate surface area is 204 Å². The van der Waals surface area contributed by atoms with Crippen molar-refractivity contribution in [2.24, 2.45) is 0 Å². The Morgan fingerprint density at radius 1 is 1.09 bits per heavy atom. The number of aromatic nitrogens is 2. The molecule has 2 heterocycles. The lowest BCUT2D eigenvalue weighted by Gasteiger charge is -2.16. The molecule has 0 aliphatic rings. The zero-order valence-electron chi connectivity index (χ0n) is 19.2. The molecular weight excluding hydrogens is 454 g/mol. The number of amides is 1. The summed E-state index contributed by atoms with van der Waals surface area (Å²) in [4.78, 5) is 29.8. The van der Waals surface area contributed by atoms with Crippen LogP contribution in [0.4, 0.5) is 0 Å². The molecule has 0 unspecified atom stereocenters. The number of phenolic OH excluding ortho intramolecular Hbond substituents is 1. The second kappa shape index (κ2) is 11.0. The molecule has 0 spiro atoms. The summed E-state index contributed by atoms with van der Waals surface area (Å²) >= 11 is 0. The highest BCUT2D eigenvalue weighted by atomic mass is 35.5. The van der Waals surface area contributed by atoms with Gasteiger partial charge in [-0.15, -0.1) is 12.4 Å². The standard InChI is InChI=1S/C26H27N3O4.ClH/c1-3-4-13-29-23-8-6-5-7-19(23)20-15-21(27-16-24(20)29)25(31)28-22(26(32)33-2)14-17-9-11-18(30)12-10-17;/h5-12,15-16,22,30H,3-4,13-14H2,1-2H3,(H,28,31);1H/t22-;/m0./s1. The van der Waals surface area contributed by atoms with Crippen LogP contribution in [-0.4, -0.2) is 39.7 Å². The van der Waals surface area contributed by atoms with Gasteiger partial charge in [0.15, 0.2) is 0 Å². The number of aromatic hydroxyl groups is 1. The molecule has 4 aromatic rings. The predicted octanol–water partition coefficient (Wildman–Crippen LogP) is 4.63. The molecule has 2 aromatic carbocycles. The third kappa shape index (κ3) is 5.15. The van der Waals surface area contributed by atoms with Gasteiger partial charge in [0, 0.05) is 29.3 Å². The Kier molecular flexibility index (Phi) is 8.12. The number of nitrogens with zero attached hydrogens (tertiary/aromatic N) is 2. The lowest BCUT2D eigenvalue weighted by molar-refractivity contribution is -0.142. The number of fused-ring (bicyclic) bond motifs is 3. The molecule has 34 heavy (non-hydrogen) atoms. The molecule has 4 rings (SSSR count). The van der Waals surface area contributed by atoms with Crippen LogP contribution in [0.2, 0.25) is 0 Å². The van der Waals surface area contributed by atoms with Crippen LogP contribution in [-0.2, 0) is 22.5 Å². The maximum absolute atomic E-state index is 13.1. The third-order valence-electron chi connectivity index (χ3n) is 5.79. The second-order valence-corrected chi connectivity index (χ2v) is 8.03. The van der Waals surface area contributed by atoms with Crippen LogP contribution in [0, 0.1) is 0 Å². The molecule has 0 aliphatic heterocycles. The van der Waals surface area contributed by atoms with E-state index in [-0.39, 0.29) is 30.3 Å². The van der Waals surface area contributed by atoms with E-state index in [1.807, 2.05) is 18.2 Å². The molecule has 2 N–H and O–H groups in total. The topological polar surface area (TPSA) is 93.5 Å². The third-order valence-corrected chi connectivity index (χ3v) is 5.79. The number of halogens is 1. The van der Waals surface area contributed by atoms with Gasteiger partial charge in [0.05, 0.1) is 18.8 Å². The van der Waals surface area contributed by atoms with Crippen LogP contribution in [0.25, 0.3) is 21.8 Å². The van der Waals surface area contributed by atoms with E-state index in [2.05, 4.69) is 27.9 Å². The number of hydrogen-bond acceptors (Lipinski definition) is 5. The minimum absolute atomic E-state index is 0. The van der Waals surface area contributed by atoms with Crippen LogP contribution in [0.5, 0.6) is 5.75 Å². The average Bonchev–Trinajstić information content (AvgIpc) is 3.16. The van der Waals surface area contributed by atoms with Crippen LogP contribution >= 0.6 is 12.4 Å². The van der Waals surface area contributed by atoms with Gasteiger partial charge in [-0.3, -0.25) is 4.79 Å². The summed E-state index contributed by atoms with van der Waals surface area (Å²) < 4.78 is 7.13. The van der Waals surface area contributed by atoms with Gasteiger partial charge < -0.3 is 19.7 Å². The van der Waals surface area contributed by atoms with E-state index in [4.69, 9.17) is 4.74 Å². The summed E-state index contributed by atoms with van der Waals surface area (Å²) in [5, 5.41) is 14.3. The van der Waals surface area contributed by atoms with Gasteiger partial charge >= 0.3 is 5.97 Å². The summed E-state index contributed by atoms with van der Waals surface area (Å²) in [6.07, 6.45) is 4.09. The van der Waals surface area contributed by atoms with E-state index in [1.165, 1.54) is 19.2 Å². The van der Waals surface area contributed by atoms with Crippen LogP contribution in [0.15, 0.2) is 60.8 Å². The Bertz CT molecular complexity index is 1300. The summed E-state index contributed by atoms with van der Waals surface area (Å²) in [7, 11) is 1.29. The van der Waals surface area contributed by atoms with Crippen molar-refractivity contribution in [3.63, 3.8) is 0 Å². The highest BCUT2D eigenvalue weighted by Gasteiger charge is 2.24. The molecule has 0 radical (unpaired) electrons. The van der Waals surface area contributed by atoms with Crippen molar-refractivity contribution in [3.8, 4) is 5.75 Å². The van der Waals surface area contributed by atoms with Gasteiger partial charge in [-0.25, -0.2) is 9.78 Å². The first-order valence-corrected chi connectivity index (χ1v) is 11.1. The number of carbonyl (C=O) groups excluding carboxylic acids is 2. The number of pyridine rings is 1. The first kappa shape index (κ1) is 25.1. The Hall–Kier alpha value is -3.58. The molecule has 2 aromatic heterocycles. The largest absolute Gasteiger partial charge is 0.508 e. The normalized spacial score (nSPS) is 11.7. The van der Waals surface area contributed by atoms with Crippen molar-refractivity contribution >= 4 is 46.1 Å². The van der Waals surface area contributed by atoms with Gasteiger partial charge in [0.2, 0.25) is 0 Å². The van der Waals surface area contributed by atoms with E-state index in [9.17, 15) is 14.7 Å². The summed E-state index contributed by atoms with van der Waals surface area (Å²) in [6.45, 7) is 3.04. The maximum Gasteiger partial charge on any atom is 0.328 e. The van der Waals surface area contributed by atoms with Crippen molar-refractivity contribution in [2.75, 3.05) is 7.11 Å². The quantitative estimate of drug-likeness (QED) is 0.358. The highest BCUT2D eigenvalue weighted by molar-refractivity contribution is 6.10. The van der Waals surface area contributed by atoms with E-state index in [0.29, 0.717) is 0 Å². The molecule has 7 nitrogen and oxygen atoms in total. The second-order valence-electron chi connectivity index (χ2n) is 8.03. The van der Waals surface area contributed by atoms with Crippen molar-refractivity contribution in [2.45, 2.75) is 38.8 Å². The lowest BCUT2D eigenvalue weighted by atomic mass is 10.1. The number of phenols is 1. The fraction of sp³-hybridized carbons (Fsp3) is 0.269. The molecule has 0 bridgehead atoms. The zero-order valence-corrected chi connectivity index (χ0v) is 20.0. The summed E-state index contributed by atoms with van der Waals surface area (Å²) in [5.74, 6) is -0.863. The lowest BCUT2D eigenvalue weighted by Crippen LogP contribution is -2.43. The van der Waals surface area contributed by atoms with E-state index >= 15 is 0 Å². The molecular formula is C26H28ClN3O4. The Morgan fingerprint density at radius 3 is 2.53 bits per heavy atom. The highest BCUT2D eigenvalue weighted by Crippen LogP contribution is 2.29. The van der Waals surface area contributed by atoms with Gasteiger partial charge in [0.25, 0.3) is 5.91 Å². The molecule has 8 heteroatoms. The number of esters is 1. The van der Waals surface area contributed by atoms with Crippen LogP contribution in [0.1, 0.15) is 35.8 Å². The fourth-order valence-corrected chi connectivity index (χ4v) is 4.06. The van der Waals surface area contributed by atoms with E-state index in [0.717, 1.165) is 46.8 Å². The number of rotatable bonds is 8. The Balaban J connectivity index is 0.00000324. The van der Waals surface area contributed by atoms with E-state index < -0.39 is 17.9 Å². The molecule has 0 saturated heterocycles. The number of ether oxygens (including phenoxy) is 1. The smallest absolute Gasteiger partial charge is 0.328 e. The van der Waals surface area contributed by atoms with Gasteiger partial charge in [-0.2, -0.15) is 0 Å². The summed E-state index contributed by atoms with van der Waals surface area (Å²) in [6, 6.07) is 15.5. The molecule has 1 amide bonds. The number of methoxy groups -OCH3 is 1. The maximum atomic E-state index is 13.1. The van der Waals surface area contributed by atoms with E-state index in [1.54, 1.807) is 24.4 Å². The number of nitrogens with one attached hydrogen (secondary N) is 1. The van der Waals surface area contributed by atoms with Gasteiger partial charge in [-0.05, 0) is 36.2 Å². The van der Waals surface area contributed by atoms with Crippen LogP contribution < -0.4 is 5.32 Å². The first-order chi connectivity index (χ1) is 16.0. The zero-order chi connectivity index (χ0) is 23.4. The summed E-state index contributed by atoms with van der Waals surface area (Å²) in [5.41, 5.74) is 3.11. The van der Waals surface area contributed by atoms with Crippen molar-refractivity contribution in [3.05, 3.63) is 72.1 Å². The predicted molar refractivity (Wildman–Crippen MR) is 134 cm³/mol. The Morgan fingerprint density at radius 2 is 1.82 bits per heavy atom. The number of para-hydroxylation sites is 1. The van der Waals surface area contributed by atoms with Crippen molar-refractivity contribution in [1.29, 1.82) is 0 Å². The molecule has 0 fully saturated rings. The number of unbranched alkanes of at least 4 members (excludes halogenated alkanes) is 1. The minimum Gasteiger partial charge on any atom is -0.508 e. The van der Waals surface area contributed by atoms with Crippen LogP contribution in [0.3, 0.4) is 0 Å². The first-order valence-electron chi connectivity index (χ1n) is 11.1. The van der Waals surface area contributed by atoms with Gasteiger partial charge in [-0.1, -0.05) is 43.7 Å². The molecule has 0 aliphatic carbocycles. The van der Waals surface area contributed by atoms with Gasteiger partial charge in [0.1, 0.15) is 17.5 Å². The number of carbonyl (C=O) groups is 2. The fourth-order valence-electron chi connectivity index (χ4n) is 4.06. The molecule has 178 valence electrons. The molecule has 0 saturated carbocycles. The SMILES string of the molecule is CCCCn1c2ccccc2c2cc(C(=O)N[C@@H](Cc3ccc(O)cc3)C(=O)OC)ncc21.Cl.